The molecule has 3 N–H and O–H groups in total. The Morgan fingerprint density at radius 1 is 1.43 bits per heavy atom. The lowest BCUT2D eigenvalue weighted by Crippen LogP contribution is -2.59. The third kappa shape index (κ3) is 3.12. The Balaban J connectivity index is 2.40. The van der Waals surface area contributed by atoms with E-state index in [1.807, 2.05) is 6.92 Å². The zero-order valence-corrected chi connectivity index (χ0v) is 13.3. The minimum Gasteiger partial charge on any atom is -0.329 e. The van der Waals surface area contributed by atoms with E-state index in [2.05, 4.69) is 4.72 Å². The second-order valence-electron chi connectivity index (χ2n) is 6.00. The van der Waals surface area contributed by atoms with E-state index in [4.69, 9.17) is 5.73 Å². The van der Waals surface area contributed by atoms with Crippen LogP contribution in [0.25, 0.3) is 0 Å². The molecule has 4 nitrogen and oxygen atoms in total. The standard InChI is InChI=1S/C15H23FN2O2S/c1-11-6-5-8-13(16)14(11)21(19,20)18-15(10-17)9-4-3-7-12(15)2/h5-6,8,12,18H,3-4,7,9-10,17H2,1-2H3. The Bertz CT molecular complexity index is 598. The van der Waals surface area contributed by atoms with Crippen molar-refractivity contribution in [2.75, 3.05) is 6.54 Å². The third-order valence-electron chi connectivity index (χ3n) is 4.59. The molecule has 2 atom stereocenters. The van der Waals surface area contributed by atoms with E-state index in [0.717, 1.165) is 19.3 Å². The van der Waals surface area contributed by atoms with Gasteiger partial charge in [-0.25, -0.2) is 17.5 Å². The van der Waals surface area contributed by atoms with Crippen molar-refractivity contribution in [1.29, 1.82) is 0 Å². The van der Waals surface area contributed by atoms with E-state index in [9.17, 15) is 12.8 Å². The first-order chi connectivity index (χ1) is 9.82. The quantitative estimate of drug-likeness (QED) is 0.896. The van der Waals surface area contributed by atoms with Crippen molar-refractivity contribution in [1.82, 2.24) is 4.72 Å². The number of halogens is 1. The highest BCUT2D eigenvalue weighted by molar-refractivity contribution is 7.89. The average Bonchev–Trinajstić information content (AvgIpc) is 2.40. The Labute approximate surface area is 126 Å². The smallest absolute Gasteiger partial charge is 0.244 e. The van der Waals surface area contributed by atoms with E-state index in [1.165, 1.54) is 12.1 Å². The van der Waals surface area contributed by atoms with Gasteiger partial charge in [0.15, 0.2) is 0 Å². The molecule has 0 bridgehead atoms. The van der Waals surface area contributed by atoms with Crippen molar-refractivity contribution >= 4 is 10.0 Å². The molecular weight excluding hydrogens is 291 g/mol. The molecule has 118 valence electrons. The van der Waals surface area contributed by atoms with Gasteiger partial charge in [-0.15, -0.1) is 0 Å². The molecule has 0 heterocycles. The van der Waals surface area contributed by atoms with Gasteiger partial charge in [0, 0.05) is 12.1 Å². The van der Waals surface area contributed by atoms with Gasteiger partial charge in [0.1, 0.15) is 10.7 Å². The van der Waals surface area contributed by atoms with Crippen molar-refractivity contribution in [2.45, 2.75) is 50.0 Å². The van der Waals surface area contributed by atoms with Crippen LogP contribution < -0.4 is 10.5 Å². The van der Waals surface area contributed by atoms with Crippen molar-refractivity contribution in [2.24, 2.45) is 11.7 Å². The van der Waals surface area contributed by atoms with Gasteiger partial charge < -0.3 is 5.73 Å². The van der Waals surface area contributed by atoms with Crippen LogP contribution in [0.1, 0.15) is 38.2 Å². The molecule has 2 rings (SSSR count). The first-order valence-corrected chi connectivity index (χ1v) is 8.80. The summed E-state index contributed by atoms with van der Waals surface area (Å²) in [5, 5.41) is 0. The Morgan fingerprint density at radius 2 is 2.14 bits per heavy atom. The first-order valence-electron chi connectivity index (χ1n) is 7.31. The molecular formula is C15H23FN2O2S. The summed E-state index contributed by atoms with van der Waals surface area (Å²) in [4.78, 5) is -0.268. The van der Waals surface area contributed by atoms with Gasteiger partial charge in [0.2, 0.25) is 10.0 Å². The topological polar surface area (TPSA) is 72.2 Å². The maximum atomic E-state index is 14.0. The predicted molar refractivity (Wildman–Crippen MR) is 80.9 cm³/mol. The number of hydrogen-bond acceptors (Lipinski definition) is 3. The molecule has 1 aliphatic carbocycles. The maximum absolute atomic E-state index is 14.0. The minimum absolute atomic E-state index is 0.137. The Morgan fingerprint density at radius 3 is 2.71 bits per heavy atom. The van der Waals surface area contributed by atoms with Crippen LogP contribution in [0.5, 0.6) is 0 Å². The number of sulfonamides is 1. The third-order valence-corrected chi connectivity index (χ3v) is 6.32. The van der Waals surface area contributed by atoms with E-state index in [0.29, 0.717) is 12.0 Å². The monoisotopic (exact) mass is 314 g/mol. The Hall–Kier alpha value is -0.980. The summed E-state index contributed by atoms with van der Waals surface area (Å²) in [6.07, 6.45) is 3.62. The Kier molecular flexibility index (Phi) is 4.70. The predicted octanol–water partition coefficient (Wildman–Crippen LogP) is 2.32. The van der Waals surface area contributed by atoms with Crippen molar-refractivity contribution in [3.8, 4) is 0 Å². The van der Waals surface area contributed by atoms with E-state index >= 15 is 0 Å². The summed E-state index contributed by atoms with van der Waals surface area (Å²) < 4.78 is 42.0. The summed E-state index contributed by atoms with van der Waals surface area (Å²) >= 11 is 0. The molecule has 21 heavy (non-hydrogen) atoms. The second kappa shape index (κ2) is 6.02. The van der Waals surface area contributed by atoms with Crippen LogP contribution in [-0.2, 0) is 10.0 Å². The number of aryl methyl sites for hydroxylation is 1. The molecule has 0 saturated heterocycles. The van der Waals surface area contributed by atoms with Gasteiger partial charge in [0.05, 0.1) is 0 Å². The lowest BCUT2D eigenvalue weighted by atomic mass is 9.74. The van der Waals surface area contributed by atoms with Gasteiger partial charge in [0.25, 0.3) is 0 Å². The fraction of sp³-hybridized carbons (Fsp3) is 0.600. The van der Waals surface area contributed by atoms with Crippen LogP contribution in [0, 0.1) is 18.7 Å². The minimum atomic E-state index is -3.93. The number of nitrogens with one attached hydrogen (secondary N) is 1. The molecule has 1 aromatic rings. The maximum Gasteiger partial charge on any atom is 0.244 e. The normalized spacial score (nSPS) is 26.8. The van der Waals surface area contributed by atoms with Crippen LogP contribution >= 0.6 is 0 Å². The molecule has 0 amide bonds. The SMILES string of the molecule is Cc1cccc(F)c1S(=O)(=O)NC1(CN)CCCCC1C. The molecule has 0 spiro atoms. The van der Waals surface area contributed by atoms with Gasteiger partial charge in [-0.05, 0) is 37.3 Å². The summed E-state index contributed by atoms with van der Waals surface area (Å²) in [5.41, 5.74) is 5.60. The van der Waals surface area contributed by atoms with Crippen molar-refractivity contribution in [3.05, 3.63) is 29.6 Å². The van der Waals surface area contributed by atoms with Gasteiger partial charge in [-0.1, -0.05) is 31.9 Å². The number of nitrogens with two attached hydrogens (primary N) is 1. The average molecular weight is 314 g/mol. The molecule has 0 aromatic heterocycles. The largest absolute Gasteiger partial charge is 0.329 e. The van der Waals surface area contributed by atoms with Gasteiger partial charge >= 0.3 is 0 Å². The van der Waals surface area contributed by atoms with Crippen LogP contribution in [0.2, 0.25) is 0 Å². The summed E-state index contributed by atoms with van der Waals surface area (Å²) in [5.74, 6) is -0.587. The zero-order chi connectivity index (χ0) is 15.7. The molecule has 2 unspecified atom stereocenters. The fourth-order valence-corrected chi connectivity index (χ4v) is 5.03. The molecule has 0 aliphatic heterocycles. The molecule has 1 saturated carbocycles. The van der Waals surface area contributed by atoms with Crippen LogP contribution in [0.3, 0.4) is 0 Å². The second-order valence-corrected chi connectivity index (χ2v) is 7.62. The number of hydrogen-bond donors (Lipinski definition) is 2. The lowest BCUT2D eigenvalue weighted by molar-refractivity contribution is 0.191. The zero-order valence-electron chi connectivity index (χ0n) is 12.5. The van der Waals surface area contributed by atoms with Crippen LogP contribution in [0.4, 0.5) is 4.39 Å². The highest BCUT2D eigenvalue weighted by Gasteiger charge is 2.41. The summed E-state index contributed by atoms with van der Waals surface area (Å²) in [6.45, 7) is 3.82. The lowest BCUT2D eigenvalue weighted by Gasteiger charge is -2.42. The summed E-state index contributed by atoms with van der Waals surface area (Å²) in [7, 11) is -3.93. The summed E-state index contributed by atoms with van der Waals surface area (Å²) in [6, 6.07) is 4.27. The van der Waals surface area contributed by atoms with Gasteiger partial charge in [-0.2, -0.15) is 0 Å². The van der Waals surface area contributed by atoms with Crippen molar-refractivity contribution in [3.63, 3.8) is 0 Å². The van der Waals surface area contributed by atoms with Crippen molar-refractivity contribution < 1.29 is 12.8 Å². The molecule has 6 heteroatoms. The number of rotatable bonds is 4. The van der Waals surface area contributed by atoms with E-state index in [-0.39, 0.29) is 17.4 Å². The molecule has 0 radical (unpaired) electrons. The van der Waals surface area contributed by atoms with E-state index < -0.39 is 21.4 Å². The van der Waals surface area contributed by atoms with Crippen LogP contribution in [-0.4, -0.2) is 20.5 Å². The van der Waals surface area contributed by atoms with E-state index in [1.54, 1.807) is 13.0 Å². The fourth-order valence-electron chi connectivity index (χ4n) is 3.19. The number of benzene rings is 1. The van der Waals surface area contributed by atoms with Gasteiger partial charge in [-0.3, -0.25) is 0 Å². The highest BCUT2D eigenvalue weighted by Crippen LogP contribution is 2.34. The molecule has 1 fully saturated rings. The molecule has 1 aromatic carbocycles. The first kappa shape index (κ1) is 16.4. The van der Waals surface area contributed by atoms with Crippen LogP contribution in [0.15, 0.2) is 23.1 Å². The molecule has 1 aliphatic rings. The highest BCUT2D eigenvalue weighted by atomic mass is 32.2.